The topological polar surface area (TPSA) is 78.8 Å². The van der Waals surface area contributed by atoms with E-state index in [1.165, 1.54) is 6.07 Å². The van der Waals surface area contributed by atoms with Crippen molar-refractivity contribution in [2.75, 3.05) is 5.75 Å². The van der Waals surface area contributed by atoms with Crippen molar-refractivity contribution in [2.24, 2.45) is 4.99 Å². The smallest absolute Gasteiger partial charge is 0.195 e. The van der Waals surface area contributed by atoms with Gasteiger partial charge in [-0.05, 0) is 25.3 Å². The lowest BCUT2D eigenvalue weighted by molar-refractivity contribution is 0.233. The summed E-state index contributed by atoms with van der Waals surface area (Å²) < 4.78 is 23.9. The maximum absolute atomic E-state index is 11.8. The largest absolute Gasteiger partial charge is 0.290 e. The Bertz CT molecular complexity index is 449. The molecule has 0 atom stereocenters. The predicted octanol–water partition coefficient (Wildman–Crippen LogP) is 1.31. The zero-order chi connectivity index (χ0) is 12.2. The minimum absolute atomic E-state index is 0.0587. The van der Waals surface area contributed by atoms with Crippen molar-refractivity contribution in [2.45, 2.75) is 24.1 Å². The van der Waals surface area contributed by atoms with Crippen molar-refractivity contribution in [3.8, 4) is 0 Å². The lowest BCUT2D eigenvalue weighted by atomic mass is 10.4. The highest BCUT2D eigenvalue weighted by Crippen LogP contribution is 2.17. The normalized spacial score (nSPS) is 13.1. The molecule has 1 aromatic rings. The molecule has 5 nitrogen and oxygen atoms in total. The summed E-state index contributed by atoms with van der Waals surface area (Å²) in [6, 6.07) is 3.13. The first-order valence-electron chi connectivity index (χ1n) is 4.68. The van der Waals surface area contributed by atoms with E-state index in [0.717, 1.165) is 11.3 Å². The first-order chi connectivity index (χ1) is 7.45. The molecule has 0 aromatic carbocycles. The predicted molar refractivity (Wildman–Crippen MR) is 63.9 cm³/mol. The van der Waals surface area contributed by atoms with Gasteiger partial charge in [0.15, 0.2) is 9.84 Å². The van der Waals surface area contributed by atoms with Gasteiger partial charge in [-0.15, -0.1) is 11.3 Å². The molecule has 90 valence electrons. The summed E-state index contributed by atoms with van der Waals surface area (Å²) in [7, 11) is -3.41. The molecule has 0 saturated heterocycles. The fourth-order valence-electron chi connectivity index (χ4n) is 1.10. The molecule has 1 aromatic heterocycles. The summed E-state index contributed by atoms with van der Waals surface area (Å²) in [5.74, 6) is -0.259. The minimum atomic E-state index is -3.41. The molecule has 1 rings (SSSR count). The van der Waals surface area contributed by atoms with Crippen molar-refractivity contribution >= 4 is 27.0 Å². The van der Waals surface area contributed by atoms with Crippen LogP contribution in [0.2, 0.25) is 0 Å². The summed E-state index contributed by atoms with van der Waals surface area (Å²) >= 11 is 1.15. The van der Waals surface area contributed by atoms with Gasteiger partial charge in [-0.2, -0.15) is 0 Å². The average Bonchev–Trinajstić information content (AvgIpc) is 2.68. The van der Waals surface area contributed by atoms with Crippen molar-refractivity contribution in [3.05, 3.63) is 17.5 Å². The Morgan fingerprint density at radius 2 is 2.31 bits per heavy atom. The fourth-order valence-corrected chi connectivity index (χ4v) is 3.41. The van der Waals surface area contributed by atoms with Gasteiger partial charge in [0, 0.05) is 6.04 Å². The third kappa shape index (κ3) is 3.58. The highest BCUT2D eigenvalue weighted by Gasteiger charge is 2.18. The molecule has 0 saturated carbocycles. The van der Waals surface area contributed by atoms with Crippen LogP contribution >= 0.6 is 11.3 Å². The van der Waals surface area contributed by atoms with Crippen LogP contribution in [0, 0.1) is 0 Å². The molecular formula is C9H14N2O3S2. The molecule has 0 amide bonds. The van der Waals surface area contributed by atoms with Gasteiger partial charge in [0.05, 0.1) is 0 Å². The van der Waals surface area contributed by atoms with Crippen LogP contribution in [0.5, 0.6) is 0 Å². The molecular weight excluding hydrogens is 248 g/mol. The summed E-state index contributed by atoms with van der Waals surface area (Å²) in [4.78, 5) is 3.97. The third-order valence-corrected chi connectivity index (χ3v) is 4.79. The highest BCUT2D eigenvalue weighted by molar-refractivity contribution is 7.94. The Hall–Kier alpha value is -0.920. The Morgan fingerprint density at radius 1 is 1.62 bits per heavy atom. The van der Waals surface area contributed by atoms with E-state index in [2.05, 4.69) is 4.99 Å². The zero-order valence-electron chi connectivity index (χ0n) is 9.04. The van der Waals surface area contributed by atoms with Crippen molar-refractivity contribution in [1.29, 1.82) is 0 Å². The second-order valence-corrected chi connectivity index (χ2v) is 6.64. The Labute approximate surface area is 98.7 Å². The third-order valence-electron chi connectivity index (χ3n) is 1.67. The molecule has 0 unspecified atom stereocenters. The van der Waals surface area contributed by atoms with Crippen LogP contribution in [-0.2, 0) is 9.84 Å². The fraction of sp³-hybridized carbons (Fsp3) is 0.444. The molecule has 7 heteroatoms. The first-order valence-corrected chi connectivity index (χ1v) is 7.22. The van der Waals surface area contributed by atoms with Crippen LogP contribution in [-0.4, -0.2) is 31.3 Å². The Balaban J connectivity index is 2.88. The maximum Gasteiger partial charge on any atom is 0.195 e. The van der Waals surface area contributed by atoms with Crippen LogP contribution in [0.25, 0.3) is 0 Å². The number of sulfone groups is 1. The van der Waals surface area contributed by atoms with Gasteiger partial charge in [0.1, 0.15) is 15.8 Å². The van der Waals surface area contributed by atoms with Gasteiger partial charge in [-0.1, -0.05) is 6.07 Å². The number of amidine groups is 1. The van der Waals surface area contributed by atoms with E-state index in [1.54, 1.807) is 25.3 Å². The molecule has 0 aliphatic carbocycles. The number of hydroxylamine groups is 1. The van der Waals surface area contributed by atoms with E-state index in [9.17, 15) is 8.42 Å². The summed E-state index contributed by atoms with van der Waals surface area (Å²) in [6.07, 6.45) is 0. The van der Waals surface area contributed by atoms with Crippen LogP contribution in [0.1, 0.15) is 13.8 Å². The zero-order valence-corrected chi connectivity index (χ0v) is 10.7. The monoisotopic (exact) mass is 262 g/mol. The van der Waals surface area contributed by atoms with Crippen molar-refractivity contribution in [3.63, 3.8) is 0 Å². The van der Waals surface area contributed by atoms with Gasteiger partial charge in [0.25, 0.3) is 0 Å². The number of hydrogen-bond acceptors (Lipinski definition) is 5. The van der Waals surface area contributed by atoms with Gasteiger partial charge < -0.3 is 0 Å². The number of hydrogen-bond donors (Lipinski definition) is 2. The SMILES string of the molecule is CC(C)N=C(CS(=O)(=O)c1cccs1)NO. The molecule has 16 heavy (non-hydrogen) atoms. The number of nitrogens with one attached hydrogen (secondary N) is 1. The summed E-state index contributed by atoms with van der Waals surface area (Å²) in [6.45, 7) is 3.60. The molecule has 0 spiro atoms. The highest BCUT2D eigenvalue weighted by atomic mass is 32.2. The molecule has 0 fully saturated rings. The van der Waals surface area contributed by atoms with Crippen LogP contribution < -0.4 is 5.48 Å². The molecule has 0 bridgehead atoms. The minimum Gasteiger partial charge on any atom is -0.290 e. The molecule has 0 aliphatic rings. The van der Waals surface area contributed by atoms with E-state index >= 15 is 0 Å². The van der Waals surface area contributed by atoms with E-state index in [0.29, 0.717) is 0 Å². The van der Waals surface area contributed by atoms with Gasteiger partial charge in [-0.25, -0.2) is 8.42 Å². The quantitative estimate of drug-likeness (QED) is 0.487. The molecule has 1 heterocycles. The summed E-state index contributed by atoms with van der Waals surface area (Å²) in [5, 5.41) is 10.5. The Kier molecular flexibility index (Phi) is 4.45. The number of thiophene rings is 1. The van der Waals surface area contributed by atoms with Gasteiger partial charge >= 0.3 is 0 Å². The van der Waals surface area contributed by atoms with Crippen LogP contribution in [0.4, 0.5) is 0 Å². The van der Waals surface area contributed by atoms with Crippen LogP contribution in [0.3, 0.4) is 0 Å². The van der Waals surface area contributed by atoms with E-state index in [1.807, 2.05) is 5.48 Å². The molecule has 0 radical (unpaired) electrons. The lowest BCUT2D eigenvalue weighted by Crippen LogP contribution is -2.28. The maximum atomic E-state index is 11.8. The van der Waals surface area contributed by atoms with Crippen molar-refractivity contribution < 1.29 is 13.6 Å². The molecule has 2 N–H and O–H groups in total. The van der Waals surface area contributed by atoms with E-state index in [4.69, 9.17) is 5.21 Å². The first kappa shape index (κ1) is 13.1. The second-order valence-electron chi connectivity index (χ2n) is 3.47. The van der Waals surface area contributed by atoms with Crippen molar-refractivity contribution in [1.82, 2.24) is 5.48 Å². The number of aliphatic imine (C=N–C) groups is 1. The summed E-state index contributed by atoms with van der Waals surface area (Å²) in [5.41, 5.74) is 1.83. The number of nitrogens with zero attached hydrogens (tertiary/aromatic N) is 1. The molecule has 0 aliphatic heterocycles. The van der Waals surface area contributed by atoms with Gasteiger partial charge in [-0.3, -0.25) is 15.7 Å². The standard InChI is InChI=1S/C9H14N2O3S2/c1-7(2)10-8(11-12)6-16(13,14)9-4-3-5-15-9/h3-5,7,12H,6H2,1-2H3,(H,10,11). The number of rotatable bonds is 4. The second kappa shape index (κ2) is 5.42. The lowest BCUT2D eigenvalue weighted by Gasteiger charge is -2.06. The van der Waals surface area contributed by atoms with E-state index in [-0.39, 0.29) is 21.8 Å². The van der Waals surface area contributed by atoms with E-state index < -0.39 is 9.84 Å². The van der Waals surface area contributed by atoms with Crippen LogP contribution in [0.15, 0.2) is 26.7 Å². The van der Waals surface area contributed by atoms with Gasteiger partial charge in [0.2, 0.25) is 0 Å². The Morgan fingerprint density at radius 3 is 2.75 bits per heavy atom. The average molecular weight is 262 g/mol.